The summed E-state index contributed by atoms with van der Waals surface area (Å²) in [5, 5.41) is 4.15. The molecule has 1 N–H and O–H groups in total. The number of nitrogens with one attached hydrogen (secondary N) is 1. The van der Waals surface area contributed by atoms with Gasteiger partial charge < -0.3 is 10.2 Å². The molecule has 1 aromatic carbocycles. The van der Waals surface area contributed by atoms with Gasteiger partial charge in [0.15, 0.2) is 5.17 Å². The number of halogens is 1. The molecule has 1 aliphatic carbocycles. The smallest absolute Gasteiger partial charge is 0.226 e. The monoisotopic (exact) mass is 423 g/mol. The maximum absolute atomic E-state index is 12.5. The van der Waals surface area contributed by atoms with Gasteiger partial charge in [-0.05, 0) is 42.4 Å². The summed E-state index contributed by atoms with van der Waals surface area (Å²) in [5.74, 6) is 2.29. The SMILES string of the molecule is CC(C)c1ccc(NC(=O)CC2CSC(=NCC3CCCCC3)N2C)cc1.Cl. The van der Waals surface area contributed by atoms with Crippen LogP contribution in [-0.2, 0) is 4.79 Å². The van der Waals surface area contributed by atoms with E-state index in [1.807, 2.05) is 12.1 Å². The Morgan fingerprint density at radius 1 is 1.21 bits per heavy atom. The number of amidine groups is 1. The van der Waals surface area contributed by atoms with Crippen LogP contribution in [0, 0.1) is 5.92 Å². The molecule has 28 heavy (non-hydrogen) atoms. The predicted octanol–water partition coefficient (Wildman–Crippen LogP) is 5.54. The standard InChI is InChI=1S/C22H33N3OS.ClH/c1-16(2)18-9-11-19(12-10-18)24-21(26)13-20-15-27-22(25(20)3)23-14-17-7-5-4-6-8-17;/h9-12,16-17,20H,4-8,13-15H2,1-3H3,(H,24,26);1H. The number of amides is 1. The van der Waals surface area contributed by atoms with E-state index < -0.39 is 0 Å². The number of aliphatic imine (C=N–C) groups is 1. The summed E-state index contributed by atoms with van der Waals surface area (Å²) in [6.45, 7) is 5.30. The number of carbonyl (C=O) groups excluding carboxylic acids is 1. The van der Waals surface area contributed by atoms with Crippen molar-refractivity contribution in [2.45, 2.75) is 64.3 Å². The Hall–Kier alpha value is -1.20. The van der Waals surface area contributed by atoms with Gasteiger partial charge in [0.1, 0.15) is 0 Å². The number of benzene rings is 1. The molecule has 1 amide bonds. The van der Waals surface area contributed by atoms with Crippen LogP contribution in [0.3, 0.4) is 0 Å². The fraction of sp³-hybridized carbons (Fsp3) is 0.636. The fourth-order valence-corrected chi connectivity index (χ4v) is 5.05. The number of hydrogen-bond donors (Lipinski definition) is 1. The lowest BCUT2D eigenvalue weighted by Gasteiger charge is -2.22. The summed E-state index contributed by atoms with van der Waals surface area (Å²) in [6.07, 6.45) is 7.27. The van der Waals surface area contributed by atoms with Crippen molar-refractivity contribution in [3.63, 3.8) is 0 Å². The van der Waals surface area contributed by atoms with Gasteiger partial charge in [0.25, 0.3) is 0 Å². The van der Waals surface area contributed by atoms with Crippen LogP contribution in [0.5, 0.6) is 0 Å². The van der Waals surface area contributed by atoms with Crippen molar-refractivity contribution in [2.75, 3.05) is 24.7 Å². The van der Waals surface area contributed by atoms with Gasteiger partial charge in [-0.25, -0.2) is 0 Å². The molecule has 1 atom stereocenters. The first-order chi connectivity index (χ1) is 13.0. The van der Waals surface area contributed by atoms with Crippen molar-refractivity contribution in [1.29, 1.82) is 0 Å². The van der Waals surface area contributed by atoms with E-state index in [1.54, 1.807) is 11.8 Å². The average Bonchev–Trinajstić information content (AvgIpc) is 3.01. The summed E-state index contributed by atoms with van der Waals surface area (Å²) in [7, 11) is 2.08. The highest BCUT2D eigenvalue weighted by atomic mass is 35.5. The summed E-state index contributed by atoms with van der Waals surface area (Å²) >= 11 is 1.80. The molecule has 1 saturated carbocycles. The molecule has 1 heterocycles. The minimum atomic E-state index is 0. The van der Waals surface area contributed by atoms with E-state index in [0.717, 1.165) is 29.1 Å². The van der Waals surface area contributed by atoms with E-state index in [0.29, 0.717) is 12.3 Å². The summed E-state index contributed by atoms with van der Waals surface area (Å²) in [4.78, 5) is 19.5. The van der Waals surface area contributed by atoms with Crippen LogP contribution >= 0.6 is 24.2 Å². The molecule has 1 saturated heterocycles. The van der Waals surface area contributed by atoms with Crippen molar-refractivity contribution in [3.05, 3.63) is 29.8 Å². The van der Waals surface area contributed by atoms with E-state index >= 15 is 0 Å². The number of rotatable bonds is 6. The molecule has 6 heteroatoms. The highest BCUT2D eigenvalue weighted by Gasteiger charge is 2.29. The highest BCUT2D eigenvalue weighted by molar-refractivity contribution is 8.14. The number of thioether (sulfide) groups is 1. The van der Waals surface area contributed by atoms with Crippen molar-refractivity contribution < 1.29 is 4.79 Å². The van der Waals surface area contributed by atoms with E-state index in [2.05, 4.69) is 43.2 Å². The minimum Gasteiger partial charge on any atom is -0.350 e. The zero-order chi connectivity index (χ0) is 19.2. The molecule has 3 rings (SSSR count). The normalized spacial score (nSPS) is 21.8. The van der Waals surface area contributed by atoms with Gasteiger partial charge in [0.05, 0.1) is 0 Å². The third-order valence-electron chi connectivity index (χ3n) is 5.75. The van der Waals surface area contributed by atoms with E-state index in [4.69, 9.17) is 4.99 Å². The third-order valence-corrected chi connectivity index (χ3v) is 6.97. The van der Waals surface area contributed by atoms with E-state index in [-0.39, 0.29) is 24.4 Å². The van der Waals surface area contributed by atoms with Gasteiger partial charge in [-0.2, -0.15) is 0 Å². The van der Waals surface area contributed by atoms with Crippen LogP contribution in [0.2, 0.25) is 0 Å². The third kappa shape index (κ3) is 6.41. The zero-order valence-corrected chi connectivity index (χ0v) is 19.0. The largest absolute Gasteiger partial charge is 0.350 e. The van der Waals surface area contributed by atoms with Crippen molar-refractivity contribution >= 4 is 40.9 Å². The molecule has 0 spiro atoms. The van der Waals surface area contributed by atoms with Gasteiger partial charge >= 0.3 is 0 Å². The zero-order valence-electron chi connectivity index (χ0n) is 17.3. The van der Waals surface area contributed by atoms with E-state index in [9.17, 15) is 4.79 Å². The highest BCUT2D eigenvalue weighted by Crippen LogP contribution is 2.28. The molecular weight excluding hydrogens is 390 g/mol. The second kappa shape index (κ2) is 11.1. The lowest BCUT2D eigenvalue weighted by molar-refractivity contribution is -0.116. The van der Waals surface area contributed by atoms with E-state index in [1.165, 1.54) is 37.7 Å². The first-order valence-corrected chi connectivity index (χ1v) is 11.3. The van der Waals surface area contributed by atoms with Crippen LogP contribution in [0.1, 0.15) is 63.9 Å². The van der Waals surface area contributed by atoms with Gasteiger partial charge in [-0.15, -0.1) is 12.4 Å². The maximum Gasteiger partial charge on any atom is 0.226 e. The lowest BCUT2D eigenvalue weighted by atomic mass is 9.89. The Balaban J connectivity index is 0.00000280. The lowest BCUT2D eigenvalue weighted by Crippen LogP contribution is -2.33. The summed E-state index contributed by atoms with van der Waals surface area (Å²) in [6, 6.07) is 8.41. The number of carbonyl (C=O) groups is 1. The van der Waals surface area contributed by atoms with Crippen LogP contribution in [0.25, 0.3) is 0 Å². The molecule has 1 aliphatic heterocycles. The molecule has 0 bridgehead atoms. The molecule has 1 aromatic rings. The number of hydrogen-bond acceptors (Lipinski definition) is 3. The summed E-state index contributed by atoms with van der Waals surface area (Å²) < 4.78 is 0. The maximum atomic E-state index is 12.5. The van der Waals surface area contributed by atoms with Crippen molar-refractivity contribution in [3.8, 4) is 0 Å². The molecule has 156 valence electrons. The van der Waals surface area contributed by atoms with Gasteiger partial charge in [0, 0.05) is 37.5 Å². The Labute approximate surface area is 180 Å². The molecule has 2 fully saturated rings. The Morgan fingerprint density at radius 2 is 1.89 bits per heavy atom. The Kier molecular flexibility index (Phi) is 9.16. The van der Waals surface area contributed by atoms with Crippen LogP contribution in [-0.4, -0.2) is 41.4 Å². The first kappa shape index (κ1) is 23.1. The van der Waals surface area contributed by atoms with Gasteiger partial charge in [0.2, 0.25) is 5.91 Å². The van der Waals surface area contributed by atoms with Gasteiger partial charge in [-0.1, -0.05) is 57.0 Å². The first-order valence-electron chi connectivity index (χ1n) is 10.3. The van der Waals surface area contributed by atoms with Crippen LogP contribution in [0.15, 0.2) is 29.3 Å². The fourth-order valence-electron chi connectivity index (χ4n) is 3.85. The van der Waals surface area contributed by atoms with Crippen molar-refractivity contribution in [1.82, 2.24) is 4.90 Å². The number of anilines is 1. The second-order valence-electron chi connectivity index (χ2n) is 8.23. The average molecular weight is 424 g/mol. The number of nitrogens with zero attached hydrogens (tertiary/aromatic N) is 2. The molecular formula is C22H34ClN3OS. The predicted molar refractivity (Wildman–Crippen MR) is 124 cm³/mol. The molecule has 4 nitrogen and oxygen atoms in total. The van der Waals surface area contributed by atoms with Crippen LogP contribution in [0.4, 0.5) is 5.69 Å². The van der Waals surface area contributed by atoms with Crippen LogP contribution < -0.4 is 5.32 Å². The van der Waals surface area contributed by atoms with Crippen molar-refractivity contribution in [2.24, 2.45) is 10.9 Å². The minimum absolute atomic E-state index is 0. The Morgan fingerprint density at radius 3 is 2.54 bits per heavy atom. The Bertz CT molecular complexity index is 656. The summed E-state index contributed by atoms with van der Waals surface area (Å²) in [5.41, 5.74) is 2.17. The molecule has 0 radical (unpaired) electrons. The quantitative estimate of drug-likeness (QED) is 0.652. The second-order valence-corrected chi connectivity index (χ2v) is 9.22. The molecule has 1 unspecified atom stereocenters. The topological polar surface area (TPSA) is 44.7 Å². The molecule has 2 aliphatic rings. The van der Waals surface area contributed by atoms with Gasteiger partial charge in [-0.3, -0.25) is 9.79 Å². The molecule has 0 aromatic heterocycles.